The van der Waals surface area contributed by atoms with Gasteiger partial charge in [0.2, 0.25) is 0 Å². The number of hydrogen-bond acceptors (Lipinski definition) is 3. The quantitative estimate of drug-likeness (QED) is 0.845. The maximum atomic E-state index is 4.29. The van der Waals surface area contributed by atoms with E-state index in [2.05, 4.69) is 33.1 Å². The van der Waals surface area contributed by atoms with E-state index in [1.165, 1.54) is 11.3 Å². The predicted molar refractivity (Wildman–Crippen MR) is 64.8 cm³/mol. The first-order chi connectivity index (χ1) is 8.33. The van der Waals surface area contributed by atoms with E-state index in [1.54, 1.807) is 0 Å². The first-order valence-corrected chi connectivity index (χ1v) is 6.03. The van der Waals surface area contributed by atoms with Crippen LogP contribution in [0.25, 0.3) is 0 Å². The first-order valence-electron chi connectivity index (χ1n) is 6.03. The molecule has 0 aliphatic carbocycles. The topological polar surface area (TPSA) is 47.7 Å². The number of hydrogen-bond donors (Lipinski definition) is 1. The highest BCUT2D eigenvalue weighted by molar-refractivity contribution is 5.11. The third-order valence-electron chi connectivity index (χ3n) is 3.28. The molecule has 0 radical (unpaired) electrons. The van der Waals surface area contributed by atoms with Gasteiger partial charge in [-0.2, -0.15) is 5.10 Å². The van der Waals surface area contributed by atoms with Crippen molar-refractivity contribution in [2.45, 2.75) is 25.9 Å². The van der Waals surface area contributed by atoms with Gasteiger partial charge in [-0.1, -0.05) is 0 Å². The van der Waals surface area contributed by atoms with E-state index in [0.717, 1.165) is 26.2 Å². The molecule has 1 fully saturated rings. The molecule has 1 aliphatic rings. The molecule has 90 valence electrons. The zero-order valence-electron chi connectivity index (χ0n) is 10.0. The molecule has 3 heterocycles. The molecule has 1 saturated heterocycles. The lowest BCUT2D eigenvalue weighted by Crippen LogP contribution is -2.41. The van der Waals surface area contributed by atoms with Gasteiger partial charge in [0.05, 0.1) is 19.1 Å². The normalized spacial score (nSPS) is 16.1. The van der Waals surface area contributed by atoms with E-state index in [0.29, 0.717) is 5.92 Å². The maximum Gasteiger partial charge on any atom is 0.0948 e. The highest BCUT2D eigenvalue weighted by Crippen LogP contribution is 2.19. The summed E-state index contributed by atoms with van der Waals surface area (Å²) in [6.07, 6.45) is 7.87. The summed E-state index contributed by atoms with van der Waals surface area (Å²) in [4.78, 5) is 4.25. The fourth-order valence-corrected chi connectivity index (χ4v) is 2.15. The molecule has 0 atom stereocenters. The van der Waals surface area contributed by atoms with Crippen LogP contribution < -0.4 is 5.32 Å². The highest BCUT2D eigenvalue weighted by Gasteiger charge is 2.22. The second kappa shape index (κ2) is 4.33. The standard InChI is InChI=1S/C12H17N5/c1-10-4-15-17(8-10)3-2-16-9-14-7-12(16)11-5-13-6-11/h4,7-9,11,13H,2-3,5-6H2,1H3. The molecule has 1 aliphatic heterocycles. The van der Waals surface area contributed by atoms with Gasteiger partial charge in [0.1, 0.15) is 0 Å². The molecule has 2 aromatic rings. The number of imidazole rings is 1. The molecule has 5 heteroatoms. The Morgan fingerprint density at radius 1 is 1.35 bits per heavy atom. The summed E-state index contributed by atoms with van der Waals surface area (Å²) < 4.78 is 4.22. The smallest absolute Gasteiger partial charge is 0.0948 e. The third-order valence-corrected chi connectivity index (χ3v) is 3.28. The maximum absolute atomic E-state index is 4.29. The fraction of sp³-hybridized carbons (Fsp3) is 0.500. The lowest BCUT2D eigenvalue weighted by Gasteiger charge is -2.27. The van der Waals surface area contributed by atoms with Gasteiger partial charge in [0, 0.05) is 43.6 Å². The summed E-state index contributed by atoms with van der Waals surface area (Å²) in [6, 6.07) is 0. The van der Waals surface area contributed by atoms with E-state index < -0.39 is 0 Å². The Hall–Kier alpha value is -1.62. The molecule has 0 bridgehead atoms. The first kappa shape index (κ1) is 10.5. The van der Waals surface area contributed by atoms with E-state index in [1.807, 2.05) is 23.4 Å². The second-order valence-corrected chi connectivity index (χ2v) is 4.65. The molecule has 0 aromatic carbocycles. The van der Waals surface area contributed by atoms with Crippen molar-refractivity contribution in [1.29, 1.82) is 0 Å². The van der Waals surface area contributed by atoms with Crippen LogP contribution in [0.5, 0.6) is 0 Å². The van der Waals surface area contributed by atoms with Crippen LogP contribution in [0.4, 0.5) is 0 Å². The molecule has 0 spiro atoms. The Labute approximate surface area is 100 Å². The average Bonchev–Trinajstić information content (AvgIpc) is 2.82. The van der Waals surface area contributed by atoms with E-state index >= 15 is 0 Å². The molecule has 17 heavy (non-hydrogen) atoms. The van der Waals surface area contributed by atoms with E-state index in [9.17, 15) is 0 Å². The van der Waals surface area contributed by atoms with Crippen molar-refractivity contribution in [3.63, 3.8) is 0 Å². The third kappa shape index (κ3) is 2.10. The van der Waals surface area contributed by atoms with Crippen molar-refractivity contribution in [3.8, 4) is 0 Å². The number of nitrogens with one attached hydrogen (secondary N) is 1. The number of nitrogens with zero attached hydrogens (tertiary/aromatic N) is 4. The molecule has 0 saturated carbocycles. The molecule has 0 amide bonds. The van der Waals surface area contributed by atoms with Gasteiger partial charge >= 0.3 is 0 Å². The predicted octanol–water partition coefficient (Wildman–Crippen LogP) is 0.775. The Morgan fingerprint density at radius 2 is 2.24 bits per heavy atom. The van der Waals surface area contributed by atoms with Gasteiger partial charge in [0.15, 0.2) is 0 Å². The molecule has 0 unspecified atom stereocenters. The Kier molecular flexibility index (Phi) is 2.68. The van der Waals surface area contributed by atoms with Gasteiger partial charge in [-0.15, -0.1) is 0 Å². The zero-order valence-corrected chi connectivity index (χ0v) is 10.0. The van der Waals surface area contributed by atoms with Crippen molar-refractivity contribution in [2.24, 2.45) is 0 Å². The minimum Gasteiger partial charge on any atom is -0.332 e. The van der Waals surface area contributed by atoms with Crippen molar-refractivity contribution in [2.75, 3.05) is 13.1 Å². The van der Waals surface area contributed by atoms with Crippen LogP contribution in [-0.2, 0) is 13.1 Å². The lowest BCUT2D eigenvalue weighted by atomic mass is 10.00. The fourth-order valence-electron chi connectivity index (χ4n) is 2.15. The Balaban J connectivity index is 1.66. The van der Waals surface area contributed by atoms with Crippen LogP contribution in [0.15, 0.2) is 24.9 Å². The summed E-state index contributed by atoms with van der Waals surface area (Å²) in [5.41, 5.74) is 2.55. The molecule has 5 nitrogen and oxygen atoms in total. The molecule has 2 aromatic heterocycles. The van der Waals surface area contributed by atoms with Crippen LogP contribution in [-0.4, -0.2) is 32.4 Å². The van der Waals surface area contributed by atoms with E-state index in [-0.39, 0.29) is 0 Å². The van der Waals surface area contributed by atoms with Crippen molar-refractivity contribution >= 4 is 0 Å². The summed E-state index contributed by atoms with van der Waals surface area (Å²) in [6.45, 7) is 6.05. The van der Waals surface area contributed by atoms with E-state index in [4.69, 9.17) is 0 Å². The monoisotopic (exact) mass is 231 g/mol. The Bertz CT molecular complexity index is 494. The average molecular weight is 231 g/mol. The van der Waals surface area contributed by atoms with Gasteiger partial charge in [-0.05, 0) is 12.5 Å². The van der Waals surface area contributed by atoms with Gasteiger partial charge in [-0.25, -0.2) is 4.98 Å². The van der Waals surface area contributed by atoms with Gasteiger partial charge in [-0.3, -0.25) is 4.68 Å². The van der Waals surface area contributed by atoms with Crippen molar-refractivity contribution < 1.29 is 0 Å². The van der Waals surface area contributed by atoms with Crippen LogP contribution in [0.1, 0.15) is 17.2 Å². The highest BCUT2D eigenvalue weighted by atomic mass is 15.3. The number of aromatic nitrogens is 4. The number of aryl methyl sites for hydroxylation is 3. The Morgan fingerprint density at radius 3 is 2.88 bits per heavy atom. The summed E-state index contributed by atoms with van der Waals surface area (Å²) in [5.74, 6) is 0.636. The SMILES string of the molecule is Cc1cnn(CCn2cncc2C2CNC2)c1. The zero-order chi connectivity index (χ0) is 11.7. The van der Waals surface area contributed by atoms with Gasteiger partial charge in [0.25, 0.3) is 0 Å². The molecule has 1 N–H and O–H groups in total. The summed E-state index contributed by atoms with van der Waals surface area (Å²) >= 11 is 0. The second-order valence-electron chi connectivity index (χ2n) is 4.65. The molecular weight excluding hydrogens is 214 g/mol. The van der Waals surface area contributed by atoms with Gasteiger partial charge < -0.3 is 9.88 Å². The van der Waals surface area contributed by atoms with Crippen LogP contribution in [0, 0.1) is 6.92 Å². The van der Waals surface area contributed by atoms with Crippen molar-refractivity contribution in [3.05, 3.63) is 36.2 Å². The minimum atomic E-state index is 0.636. The van der Waals surface area contributed by atoms with Crippen LogP contribution >= 0.6 is 0 Å². The number of rotatable bonds is 4. The lowest BCUT2D eigenvalue weighted by molar-refractivity contribution is 0.415. The minimum absolute atomic E-state index is 0.636. The van der Waals surface area contributed by atoms with Crippen LogP contribution in [0.3, 0.4) is 0 Å². The van der Waals surface area contributed by atoms with Crippen LogP contribution in [0.2, 0.25) is 0 Å². The summed E-state index contributed by atoms with van der Waals surface area (Å²) in [5, 5.41) is 7.59. The largest absolute Gasteiger partial charge is 0.332 e. The molecule has 3 rings (SSSR count). The summed E-state index contributed by atoms with van der Waals surface area (Å²) in [7, 11) is 0. The van der Waals surface area contributed by atoms with Crippen molar-refractivity contribution in [1.82, 2.24) is 24.6 Å². The molecular formula is C12H17N5.